The number of likely N-dealkylation sites (tertiary alicyclic amines) is 1. The second-order valence-corrected chi connectivity index (χ2v) is 6.91. The van der Waals surface area contributed by atoms with Crippen LogP contribution in [0, 0.1) is 6.92 Å². The first-order valence-electron chi connectivity index (χ1n) is 9.38. The number of hydrogen-bond acceptors (Lipinski definition) is 2. The van der Waals surface area contributed by atoms with E-state index in [-0.39, 0.29) is 11.8 Å². The van der Waals surface area contributed by atoms with E-state index in [0.29, 0.717) is 22.9 Å². The standard InChI is InChI=1S/C22H26N2O2/c1-3-19-11-7-8-14-24(19)22(26)18-13-12-16(2)20(15-18)23-21(25)17-9-5-4-6-10-17/h4-6,9-10,12-13,15,19H,3,7-8,11,14H2,1-2H3,(H,23,25)/t19-/m1/s1. The highest BCUT2D eigenvalue weighted by Crippen LogP contribution is 2.24. The summed E-state index contributed by atoms with van der Waals surface area (Å²) in [4.78, 5) is 27.4. The fourth-order valence-corrected chi connectivity index (χ4v) is 3.53. The number of carbonyl (C=O) groups excluding carboxylic acids is 2. The minimum atomic E-state index is -0.164. The molecule has 136 valence electrons. The molecule has 1 fully saturated rings. The molecule has 1 saturated heterocycles. The van der Waals surface area contributed by atoms with Crippen molar-refractivity contribution in [1.29, 1.82) is 0 Å². The quantitative estimate of drug-likeness (QED) is 0.872. The summed E-state index contributed by atoms with van der Waals surface area (Å²) < 4.78 is 0. The molecule has 0 aliphatic carbocycles. The van der Waals surface area contributed by atoms with Gasteiger partial charge in [-0.3, -0.25) is 9.59 Å². The molecule has 2 aromatic carbocycles. The molecule has 0 bridgehead atoms. The van der Waals surface area contributed by atoms with Crippen LogP contribution in [0.2, 0.25) is 0 Å². The fourth-order valence-electron chi connectivity index (χ4n) is 3.53. The first-order valence-corrected chi connectivity index (χ1v) is 9.38. The Balaban J connectivity index is 1.81. The Kier molecular flexibility index (Phi) is 5.71. The maximum Gasteiger partial charge on any atom is 0.255 e. The summed E-state index contributed by atoms with van der Waals surface area (Å²) >= 11 is 0. The lowest BCUT2D eigenvalue weighted by molar-refractivity contribution is 0.0608. The van der Waals surface area contributed by atoms with Gasteiger partial charge in [0, 0.05) is 29.4 Å². The van der Waals surface area contributed by atoms with Crippen molar-refractivity contribution in [3.05, 3.63) is 65.2 Å². The second kappa shape index (κ2) is 8.17. The summed E-state index contributed by atoms with van der Waals surface area (Å²) in [6, 6.07) is 15.0. The van der Waals surface area contributed by atoms with E-state index < -0.39 is 0 Å². The van der Waals surface area contributed by atoms with Crippen molar-refractivity contribution >= 4 is 17.5 Å². The molecule has 0 radical (unpaired) electrons. The van der Waals surface area contributed by atoms with Gasteiger partial charge in [-0.2, -0.15) is 0 Å². The van der Waals surface area contributed by atoms with Crippen molar-refractivity contribution in [3.8, 4) is 0 Å². The second-order valence-electron chi connectivity index (χ2n) is 6.91. The average Bonchev–Trinajstić information content (AvgIpc) is 2.69. The Morgan fingerprint density at radius 1 is 1.08 bits per heavy atom. The lowest BCUT2D eigenvalue weighted by Gasteiger charge is -2.35. The smallest absolute Gasteiger partial charge is 0.255 e. The number of hydrogen-bond donors (Lipinski definition) is 1. The number of nitrogens with one attached hydrogen (secondary N) is 1. The normalized spacial score (nSPS) is 17.0. The predicted octanol–water partition coefficient (Wildman–Crippen LogP) is 4.65. The molecule has 0 saturated carbocycles. The average molecular weight is 350 g/mol. The number of benzene rings is 2. The molecule has 0 unspecified atom stereocenters. The molecule has 0 spiro atoms. The van der Waals surface area contributed by atoms with Gasteiger partial charge in [0.1, 0.15) is 0 Å². The van der Waals surface area contributed by atoms with Crippen LogP contribution >= 0.6 is 0 Å². The third kappa shape index (κ3) is 3.96. The summed E-state index contributed by atoms with van der Waals surface area (Å²) in [5.74, 6) is -0.102. The Morgan fingerprint density at radius 2 is 1.85 bits per heavy atom. The number of anilines is 1. The number of amides is 2. The first kappa shape index (κ1) is 18.2. The van der Waals surface area contributed by atoms with Gasteiger partial charge >= 0.3 is 0 Å². The van der Waals surface area contributed by atoms with Crippen LogP contribution in [0.15, 0.2) is 48.5 Å². The van der Waals surface area contributed by atoms with E-state index in [9.17, 15) is 9.59 Å². The molecule has 3 rings (SSSR count). The predicted molar refractivity (Wildman–Crippen MR) is 105 cm³/mol. The Hall–Kier alpha value is -2.62. The molecular formula is C22H26N2O2. The number of carbonyl (C=O) groups is 2. The SMILES string of the molecule is CC[C@@H]1CCCCN1C(=O)c1ccc(C)c(NC(=O)c2ccccc2)c1. The van der Waals surface area contributed by atoms with Crippen LogP contribution in [0.1, 0.15) is 58.9 Å². The van der Waals surface area contributed by atoms with Gasteiger partial charge in [0.15, 0.2) is 0 Å². The molecule has 2 aromatic rings. The third-order valence-electron chi connectivity index (χ3n) is 5.13. The minimum absolute atomic E-state index is 0.0618. The van der Waals surface area contributed by atoms with Gasteiger partial charge < -0.3 is 10.2 Å². The van der Waals surface area contributed by atoms with E-state index in [2.05, 4.69) is 12.2 Å². The summed E-state index contributed by atoms with van der Waals surface area (Å²) in [7, 11) is 0. The zero-order chi connectivity index (χ0) is 18.5. The highest BCUT2D eigenvalue weighted by atomic mass is 16.2. The van der Waals surface area contributed by atoms with Gasteiger partial charge in [-0.05, 0) is 62.4 Å². The van der Waals surface area contributed by atoms with Crippen molar-refractivity contribution < 1.29 is 9.59 Å². The van der Waals surface area contributed by atoms with E-state index in [1.807, 2.05) is 42.2 Å². The van der Waals surface area contributed by atoms with Crippen molar-refractivity contribution in [2.24, 2.45) is 0 Å². The first-order chi connectivity index (χ1) is 12.6. The summed E-state index contributed by atoms with van der Waals surface area (Å²) in [5.41, 5.74) is 2.87. The van der Waals surface area contributed by atoms with E-state index >= 15 is 0 Å². The van der Waals surface area contributed by atoms with Gasteiger partial charge in [-0.1, -0.05) is 31.2 Å². The molecule has 1 atom stereocenters. The molecule has 1 N–H and O–H groups in total. The van der Waals surface area contributed by atoms with Gasteiger partial charge in [0.05, 0.1) is 0 Å². The van der Waals surface area contributed by atoms with Gasteiger partial charge in [-0.25, -0.2) is 0 Å². The number of aryl methyl sites for hydroxylation is 1. The maximum atomic E-state index is 13.0. The third-order valence-corrected chi connectivity index (χ3v) is 5.13. The van der Waals surface area contributed by atoms with Gasteiger partial charge in [0.2, 0.25) is 0 Å². The van der Waals surface area contributed by atoms with Crippen LogP contribution in [-0.2, 0) is 0 Å². The molecule has 1 heterocycles. The number of piperidine rings is 1. The van der Waals surface area contributed by atoms with E-state index in [1.165, 1.54) is 6.42 Å². The van der Waals surface area contributed by atoms with Gasteiger partial charge in [0.25, 0.3) is 11.8 Å². The summed E-state index contributed by atoms with van der Waals surface area (Å²) in [6.07, 6.45) is 4.31. The van der Waals surface area contributed by atoms with Crippen LogP contribution in [0.4, 0.5) is 5.69 Å². The Morgan fingerprint density at radius 3 is 2.58 bits per heavy atom. The van der Waals surface area contributed by atoms with Crippen molar-refractivity contribution in [2.45, 2.75) is 45.6 Å². The van der Waals surface area contributed by atoms with Gasteiger partial charge in [-0.15, -0.1) is 0 Å². The van der Waals surface area contributed by atoms with Crippen molar-refractivity contribution in [2.75, 3.05) is 11.9 Å². The van der Waals surface area contributed by atoms with Crippen LogP contribution in [0.3, 0.4) is 0 Å². The molecule has 1 aliphatic heterocycles. The minimum Gasteiger partial charge on any atom is -0.336 e. The molecule has 4 heteroatoms. The Bertz CT molecular complexity index is 786. The zero-order valence-corrected chi connectivity index (χ0v) is 15.5. The Labute approximate surface area is 155 Å². The molecule has 26 heavy (non-hydrogen) atoms. The van der Waals surface area contributed by atoms with Crippen molar-refractivity contribution in [3.63, 3.8) is 0 Å². The summed E-state index contributed by atoms with van der Waals surface area (Å²) in [5, 5.41) is 2.94. The summed E-state index contributed by atoms with van der Waals surface area (Å²) in [6.45, 7) is 4.89. The lowest BCUT2D eigenvalue weighted by Crippen LogP contribution is -2.43. The topological polar surface area (TPSA) is 49.4 Å². The number of nitrogens with zero attached hydrogens (tertiary/aromatic N) is 1. The van der Waals surface area contributed by atoms with Crippen LogP contribution in [0.5, 0.6) is 0 Å². The lowest BCUT2D eigenvalue weighted by atomic mass is 9.98. The van der Waals surface area contributed by atoms with E-state index in [4.69, 9.17) is 0 Å². The maximum absolute atomic E-state index is 13.0. The van der Waals surface area contributed by atoms with E-state index in [0.717, 1.165) is 31.4 Å². The zero-order valence-electron chi connectivity index (χ0n) is 15.5. The molecule has 0 aromatic heterocycles. The monoisotopic (exact) mass is 350 g/mol. The highest BCUT2D eigenvalue weighted by Gasteiger charge is 2.26. The fraction of sp³-hybridized carbons (Fsp3) is 0.364. The number of rotatable bonds is 4. The highest BCUT2D eigenvalue weighted by molar-refractivity contribution is 6.05. The molecule has 1 aliphatic rings. The van der Waals surface area contributed by atoms with Crippen LogP contribution in [-0.4, -0.2) is 29.3 Å². The van der Waals surface area contributed by atoms with Crippen LogP contribution in [0.25, 0.3) is 0 Å². The molecule has 2 amide bonds. The van der Waals surface area contributed by atoms with E-state index in [1.54, 1.807) is 18.2 Å². The molecule has 4 nitrogen and oxygen atoms in total. The van der Waals surface area contributed by atoms with Crippen molar-refractivity contribution in [1.82, 2.24) is 4.90 Å². The van der Waals surface area contributed by atoms with Crippen LogP contribution < -0.4 is 5.32 Å². The molecular weight excluding hydrogens is 324 g/mol. The largest absolute Gasteiger partial charge is 0.336 e.